The monoisotopic (exact) mass is 440 g/mol. The van der Waals surface area contributed by atoms with Gasteiger partial charge in [0.1, 0.15) is 6.54 Å². The fraction of sp³-hybridized carbons (Fsp3) is 0.105. The lowest BCUT2D eigenvalue weighted by Gasteiger charge is -2.12. The second-order valence-electron chi connectivity index (χ2n) is 5.95. The van der Waals surface area contributed by atoms with Gasteiger partial charge in [0.15, 0.2) is 0 Å². The summed E-state index contributed by atoms with van der Waals surface area (Å²) in [4.78, 5) is 37.3. The van der Waals surface area contributed by atoms with Gasteiger partial charge < -0.3 is 5.32 Å². The van der Waals surface area contributed by atoms with Crippen LogP contribution in [0.1, 0.15) is 11.1 Å². The van der Waals surface area contributed by atoms with Gasteiger partial charge in [-0.1, -0.05) is 23.7 Å². The molecule has 0 aliphatic carbocycles. The number of hydrogen-bond donors (Lipinski definition) is 1. The van der Waals surface area contributed by atoms with Crippen LogP contribution in [0.3, 0.4) is 0 Å². The quantitative estimate of drug-likeness (QED) is 0.677. The smallest absolute Gasteiger partial charge is 0.325 e. The molecule has 29 heavy (non-hydrogen) atoms. The summed E-state index contributed by atoms with van der Waals surface area (Å²) < 4.78 is 38.5. The van der Waals surface area contributed by atoms with Crippen molar-refractivity contribution in [2.75, 3.05) is 11.9 Å². The van der Waals surface area contributed by atoms with E-state index < -0.39 is 35.3 Å². The summed E-state index contributed by atoms with van der Waals surface area (Å²) in [5, 5.41) is 2.33. The molecule has 0 bridgehead atoms. The van der Waals surface area contributed by atoms with Gasteiger partial charge in [-0.3, -0.25) is 19.3 Å². The van der Waals surface area contributed by atoms with Crippen LogP contribution in [-0.2, 0) is 15.8 Å². The molecule has 5 nitrogen and oxygen atoms in total. The van der Waals surface area contributed by atoms with Gasteiger partial charge in [-0.25, -0.2) is 0 Å². The molecular formula is C19H12ClF3N2O3S. The van der Waals surface area contributed by atoms with Crippen molar-refractivity contribution in [1.29, 1.82) is 0 Å². The topological polar surface area (TPSA) is 66.5 Å². The predicted octanol–water partition coefficient (Wildman–Crippen LogP) is 5.03. The summed E-state index contributed by atoms with van der Waals surface area (Å²) >= 11 is 6.32. The van der Waals surface area contributed by atoms with Crippen molar-refractivity contribution in [2.24, 2.45) is 0 Å². The van der Waals surface area contributed by atoms with Crippen molar-refractivity contribution < 1.29 is 27.6 Å². The lowest BCUT2D eigenvalue weighted by atomic mass is 10.1. The van der Waals surface area contributed by atoms with E-state index in [1.54, 1.807) is 24.3 Å². The van der Waals surface area contributed by atoms with Crippen LogP contribution in [0.15, 0.2) is 53.4 Å². The highest BCUT2D eigenvalue weighted by atomic mass is 35.5. The van der Waals surface area contributed by atoms with Crippen molar-refractivity contribution in [3.8, 4) is 0 Å². The Kier molecular flexibility index (Phi) is 5.99. The molecule has 0 unspecified atom stereocenters. The van der Waals surface area contributed by atoms with Crippen LogP contribution in [0.5, 0.6) is 0 Å². The highest BCUT2D eigenvalue weighted by Crippen LogP contribution is 2.34. The number of carbonyl (C=O) groups is 3. The van der Waals surface area contributed by atoms with Crippen LogP contribution in [-0.4, -0.2) is 28.5 Å². The Morgan fingerprint density at radius 3 is 2.48 bits per heavy atom. The second kappa shape index (κ2) is 8.30. The lowest BCUT2D eigenvalue weighted by molar-refractivity contribution is -0.137. The first kappa shape index (κ1) is 20.9. The van der Waals surface area contributed by atoms with Crippen LogP contribution < -0.4 is 5.32 Å². The number of halogens is 4. The average Bonchev–Trinajstić information content (AvgIpc) is 2.90. The largest absolute Gasteiger partial charge is 0.416 e. The van der Waals surface area contributed by atoms with Gasteiger partial charge in [-0.05, 0) is 59.8 Å². The van der Waals surface area contributed by atoms with E-state index in [1.165, 1.54) is 18.2 Å². The molecule has 1 aliphatic heterocycles. The number of hydrogen-bond acceptors (Lipinski definition) is 4. The fourth-order valence-electron chi connectivity index (χ4n) is 2.47. The lowest BCUT2D eigenvalue weighted by Crippen LogP contribution is -2.36. The highest BCUT2D eigenvalue weighted by Gasteiger charge is 2.36. The molecule has 0 atom stereocenters. The molecule has 0 aromatic heterocycles. The molecular weight excluding hydrogens is 429 g/mol. The molecule has 0 radical (unpaired) electrons. The van der Waals surface area contributed by atoms with E-state index in [0.29, 0.717) is 22.5 Å². The Morgan fingerprint density at radius 2 is 1.83 bits per heavy atom. The van der Waals surface area contributed by atoms with Crippen molar-refractivity contribution >= 4 is 52.2 Å². The van der Waals surface area contributed by atoms with Crippen LogP contribution in [0.2, 0.25) is 5.02 Å². The van der Waals surface area contributed by atoms with E-state index in [4.69, 9.17) is 11.6 Å². The molecule has 1 fully saturated rings. The summed E-state index contributed by atoms with van der Waals surface area (Å²) in [5.74, 6) is -1.35. The number of benzene rings is 2. The van der Waals surface area contributed by atoms with E-state index in [-0.39, 0.29) is 10.5 Å². The van der Waals surface area contributed by atoms with Crippen molar-refractivity contribution in [1.82, 2.24) is 4.90 Å². The summed E-state index contributed by atoms with van der Waals surface area (Å²) in [5.41, 5.74) is -0.311. The van der Waals surface area contributed by atoms with Gasteiger partial charge in [-0.2, -0.15) is 13.2 Å². The van der Waals surface area contributed by atoms with Crippen molar-refractivity contribution in [3.63, 3.8) is 0 Å². The Hall–Kier alpha value is -2.78. The van der Waals surface area contributed by atoms with E-state index in [2.05, 4.69) is 5.32 Å². The molecule has 3 rings (SSSR count). The molecule has 1 saturated heterocycles. The third-order valence-electron chi connectivity index (χ3n) is 3.82. The third kappa shape index (κ3) is 5.18. The first-order chi connectivity index (χ1) is 13.6. The highest BCUT2D eigenvalue weighted by molar-refractivity contribution is 8.18. The molecule has 1 heterocycles. The summed E-state index contributed by atoms with van der Waals surface area (Å²) in [6, 6.07) is 10.6. The minimum Gasteiger partial charge on any atom is -0.325 e. The molecule has 10 heteroatoms. The first-order valence-electron chi connectivity index (χ1n) is 8.11. The van der Waals surface area contributed by atoms with Gasteiger partial charge in [0, 0.05) is 10.7 Å². The van der Waals surface area contributed by atoms with Crippen LogP contribution >= 0.6 is 23.4 Å². The standard InChI is InChI=1S/C19H12ClF3N2O3S/c20-13-4-6-14(7-5-13)24-16(26)10-25-17(27)15(29-18(25)28)9-11-2-1-3-12(8-11)19(21,22)23/h1-9H,10H2,(H,24,26)/b15-9+. The molecule has 3 amide bonds. The zero-order chi connectivity index (χ0) is 21.2. The number of nitrogens with zero attached hydrogens (tertiary/aromatic N) is 1. The second-order valence-corrected chi connectivity index (χ2v) is 7.38. The van der Waals surface area contributed by atoms with Crippen LogP contribution in [0.25, 0.3) is 6.08 Å². The molecule has 150 valence electrons. The van der Waals surface area contributed by atoms with E-state index in [1.807, 2.05) is 0 Å². The van der Waals surface area contributed by atoms with Gasteiger partial charge in [0.05, 0.1) is 10.5 Å². The van der Waals surface area contributed by atoms with E-state index in [9.17, 15) is 27.6 Å². The zero-order valence-corrected chi connectivity index (χ0v) is 16.1. The number of amides is 3. The minimum atomic E-state index is -4.52. The maximum Gasteiger partial charge on any atom is 0.416 e. The summed E-state index contributed by atoms with van der Waals surface area (Å²) in [6.07, 6.45) is -3.33. The Morgan fingerprint density at radius 1 is 1.14 bits per heavy atom. The number of nitrogens with one attached hydrogen (secondary N) is 1. The first-order valence-corrected chi connectivity index (χ1v) is 9.31. The van der Waals surface area contributed by atoms with Crippen molar-refractivity contribution in [2.45, 2.75) is 6.18 Å². The van der Waals surface area contributed by atoms with E-state index in [0.717, 1.165) is 17.0 Å². The van der Waals surface area contributed by atoms with Crippen LogP contribution in [0, 0.1) is 0 Å². The van der Waals surface area contributed by atoms with Crippen LogP contribution in [0.4, 0.5) is 23.7 Å². The Bertz CT molecular complexity index is 1010. The third-order valence-corrected chi connectivity index (χ3v) is 4.97. The Balaban J connectivity index is 1.71. The molecule has 0 saturated carbocycles. The maximum atomic E-state index is 12.8. The molecule has 2 aromatic carbocycles. The molecule has 2 aromatic rings. The van der Waals surface area contributed by atoms with Gasteiger partial charge in [-0.15, -0.1) is 0 Å². The number of carbonyl (C=O) groups excluding carboxylic acids is 3. The SMILES string of the molecule is O=C(CN1C(=O)S/C(=C/c2cccc(C(F)(F)F)c2)C1=O)Nc1ccc(Cl)cc1. The number of anilines is 1. The van der Waals surface area contributed by atoms with E-state index >= 15 is 0 Å². The number of alkyl halides is 3. The number of rotatable bonds is 4. The predicted molar refractivity (Wildman–Crippen MR) is 104 cm³/mol. The fourth-order valence-corrected chi connectivity index (χ4v) is 3.43. The molecule has 1 aliphatic rings. The molecule has 1 N–H and O–H groups in total. The number of imide groups is 1. The zero-order valence-electron chi connectivity index (χ0n) is 14.5. The normalized spacial score (nSPS) is 15.9. The molecule has 0 spiro atoms. The van der Waals surface area contributed by atoms with Gasteiger partial charge in [0.25, 0.3) is 11.1 Å². The van der Waals surface area contributed by atoms with Gasteiger partial charge in [0.2, 0.25) is 5.91 Å². The van der Waals surface area contributed by atoms with Gasteiger partial charge >= 0.3 is 6.18 Å². The Labute approximate surface area is 172 Å². The minimum absolute atomic E-state index is 0.0615. The van der Waals surface area contributed by atoms with Crippen molar-refractivity contribution in [3.05, 3.63) is 69.6 Å². The summed E-state index contributed by atoms with van der Waals surface area (Å²) in [7, 11) is 0. The maximum absolute atomic E-state index is 12.8. The number of thioether (sulfide) groups is 1. The summed E-state index contributed by atoms with van der Waals surface area (Å²) in [6.45, 7) is -0.521. The average molecular weight is 441 g/mol.